The van der Waals surface area contributed by atoms with E-state index >= 15 is 0 Å². The van der Waals surface area contributed by atoms with Crippen molar-refractivity contribution in [3.63, 3.8) is 0 Å². The van der Waals surface area contributed by atoms with Gasteiger partial charge in [-0.2, -0.15) is 0 Å². The van der Waals surface area contributed by atoms with Crippen molar-refractivity contribution in [2.24, 2.45) is 15.2 Å². The number of guanidine groups is 1. The Bertz CT molecular complexity index is 705. The summed E-state index contributed by atoms with van der Waals surface area (Å²) in [6, 6.07) is -0.929. The van der Waals surface area contributed by atoms with Gasteiger partial charge in [-0.1, -0.05) is 20.0 Å². The zero-order chi connectivity index (χ0) is 22.3. The summed E-state index contributed by atoms with van der Waals surface area (Å²) in [5, 5.41) is 54.5. The molecule has 2 amide bonds. The standard InChI is InChI=1S/C4H8N8O8.C2N4O3/c13-9(14)5-1-6(10(15)16)3-8(12(19)20)4-7(2-5)11(17)18;7-2-3-1(4-5-2)6(8)9/h1-4H2;. The van der Waals surface area contributed by atoms with E-state index in [1.165, 1.54) is 0 Å². The minimum atomic E-state index is -1.06. The van der Waals surface area contributed by atoms with Gasteiger partial charge in [0.25, 0.3) is 0 Å². The lowest BCUT2D eigenvalue weighted by molar-refractivity contribution is -0.775. The molecule has 0 aromatic heterocycles. The second kappa shape index (κ2) is 9.19. The highest BCUT2D eigenvalue weighted by Gasteiger charge is 2.39. The van der Waals surface area contributed by atoms with Gasteiger partial charge in [-0.25, -0.2) is 45.3 Å². The summed E-state index contributed by atoms with van der Waals surface area (Å²) >= 11 is 0. The molecular formula is C6H8N12O11. The zero-order valence-corrected chi connectivity index (χ0v) is 13.7. The summed E-state index contributed by atoms with van der Waals surface area (Å²) in [5.41, 5.74) is 0. The molecule has 1 saturated heterocycles. The third-order valence-corrected chi connectivity index (χ3v) is 2.81. The van der Waals surface area contributed by atoms with E-state index < -0.39 is 63.7 Å². The molecule has 29 heavy (non-hydrogen) atoms. The number of hydrazine groups is 4. The number of rotatable bonds is 4. The van der Waals surface area contributed by atoms with E-state index in [2.05, 4.69) is 15.2 Å². The fraction of sp³-hybridized carbons (Fsp3) is 0.667. The maximum Gasteiger partial charge on any atom is 0.496 e. The predicted molar refractivity (Wildman–Crippen MR) is 79.5 cm³/mol. The van der Waals surface area contributed by atoms with Crippen molar-refractivity contribution in [3.05, 3.63) is 50.6 Å². The molecule has 0 aromatic rings. The fourth-order valence-corrected chi connectivity index (χ4v) is 1.64. The number of amides is 2. The molecule has 2 heterocycles. The Balaban J connectivity index is 0.000000387. The predicted octanol–water partition coefficient (Wildman–Crippen LogP) is -1.99. The number of azo groups is 1. The van der Waals surface area contributed by atoms with Gasteiger partial charge in [0.1, 0.15) is 0 Å². The minimum Gasteiger partial charge on any atom is -0.390 e. The average Bonchev–Trinajstić information content (AvgIpc) is 3.01. The fourth-order valence-electron chi connectivity index (χ4n) is 1.64. The number of nitrogens with zero attached hydrogens (tertiary/aromatic N) is 12. The molecule has 0 spiro atoms. The van der Waals surface area contributed by atoms with E-state index in [4.69, 9.17) is 0 Å². The Morgan fingerprint density at radius 2 is 0.931 bits per heavy atom. The van der Waals surface area contributed by atoms with Gasteiger partial charge in [-0.3, -0.25) is 0 Å². The first-order valence-electron chi connectivity index (χ1n) is 6.68. The Hall–Kier alpha value is -4.86. The summed E-state index contributed by atoms with van der Waals surface area (Å²) in [4.78, 5) is 64.3. The van der Waals surface area contributed by atoms with Crippen LogP contribution in [0, 0.1) is 50.6 Å². The molecule has 0 atom stereocenters. The largest absolute Gasteiger partial charge is 0.496 e. The van der Waals surface area contributed by atoms with Crippen LogP contribution in [-0.2, 0) is 0 Å². The van der Waals surface area contributed by atoms with Crippen LogP contribution < -0.4 is 0 Å². The van der Waals surface area contributed by atoms with Crippen LogP contribution in [0.25, 0.3) is 0 Å². The summed E-state index contributed by atoms with van der Waals surface area (Å²) in [6.45, 7) is -3.80. The van der Waals surface area contributed by atoms with Gasteiger partial charge in [-0.15, -0.1) is 0 Å². The maximum absolute atomic E-state index is 10.7. The Morgan fingerprint density at radius 1 is 0.621 bits per heavy atom. The Labute approximate surface area is 155 Å². The average molecular weight is 424 g/mol. The Morgan fingerprint density at radius 3 is 1.07 bits per heavy atom. The third kappa shape index (κ3) is 6.42. The lowest BCUT2D eigenvalue weighted by Gasteiger charge is -2.27. The SMILES string of the molecule is O=C1N=NC([N+](=O)[O-])=N1.O=[N+]([O-])N1CN([N+](=O)[O-])CN([N+](=O)[O-])CN([N+](=O)[O-])C1. The minimum absolute atomic E-state index is 0.197. The van der Waals surface area contributed by atoms with E-state index in [1.807, 2.05) is 0 Å². The van der Waals surface area contributed by atoms with E-state index in [9.17, 15) is 55.4 Å². The van der Waals surface area contributed by atoms with E-state index in [0.717, 1.165) is 0 Å². The van der Waals surface area contributed by atoms with Gasteiger partial charge >= 0.3 is 12.0 Å². The molecule has 0 saturated carbocycles. The monoisotopic (exact) mass is 424 g/mol. The van der Waals surface area contributed by atoms with E-state index in [0.29, 0.717) is 0 Å². The quantitative estimate of drug-likeness (QED) is 0.348. The number of carbonyl (C=O) groups is 1. The van der Waals surface area contributed by atoms with Crippen molar-refractivity contribution < 1.29 is 29.8 Å². The summed E-state index contributed by atoms with van der Waals surface area (Å²) in [6.07, 6.45) is 0. The smallest absolute Gasteiger partial charge is 0.390 e. The van der Waals surface area contributed by atoms with Crippen LogP contribution in [0.4, 0.5) is 4.79 Å². The van der Waals surface area contributed by atoms with Crippen molar-refractivity contribution in [1.29, 1.82) is 0 Å². The number of hydrogen-bond acceptors (Lipinski definition) is 12. The maximum atomic E-state index is 10.7. The summed E-state index contributed by atoms with van der Waals surface area (Å²) in [5.74, 6) is -0.750. The number of nitro groups is 5. The van der Waals surface area contributed by atoms with E-state index in [1.54, 1.807) is 0 Å². The summed E-state index contributed by atoms with van der Waals surface area (Å²) < 4.78 is 0. The topological polar surface area (TPSA) is 283 Å². The van der Waals surface area contributed by atoms with Crippen LogP contribution in [0.15, 0.2) is 15.2 Å². The van der Waals surface area contributed by atoms with Crippen molar-refractivity contribution in [1.82, 2.24) is 20.0 Å². The third-order valence-electron chi connectivity index (χ3n) is 2.81. The number of urea groups is 1. The first kappa shape index (κ1) is 22.2. The van der Waals surface area contributed by atoms with Crippen molar-refractivity contribution in [3.8, 4) is 0 Å². The number of aliphatic imine (C=N–C) groups is 1. The molecule has 2 aliphatic rings. The van der Waals surface area contributed by atoms with Crippen molar-refractivity contribution in [2.45, 2.75) is 0 Å². The number of hydrogen-bond donors (Lipinski definition) is 0. The van der Waals surface area contributed by atoms with Gasteiger partial charge in [-0.05, 0) is 4.92 Å². The lowest BCUT2D eigenvalue weighted by Crippen LogP contribution is -2.59. The molecule has 23 nitrogen and oxygen atoms in total. The lowest BCUT2D eigenvalue weighted by atomic mass is 10.7. The van der Waals surface area contributed by atoms with Gasteiger partial charge < -0.3 is 10.1 Å². The highest BCUT2D eigenvalue weighted by molar-refractivity contribution is 5.93. The van der Waals surface area contributed by atoms with Crippen LogP contribution >= 0.6 is 0 Å². The molecule has 1 fully saturated rings. The van der Waals surface area contributed by atoms with Gasteiger partial charge in [0.05, 0.1) is 5.11 Å². The molecule has 0 bridgehead atoms. The van der Waals surface area contributed by atoms with Crippen LogP contribution in [0.3, 0.4) is 0 Å². The summed E-state index contributed by atoms with van der Waals surface area (Å²) in [7, 11) is 0. The second-order valence-corrected chi connectivity index (χ2v) is 4.69. The molecule has 2 aliphatic heterocycles. The molecule has 158 valence electrons. The Kier molecular flexibility index (Phi) is 7.03. The second-order valence-electron chi connectivity index (χ2n) is 4.69. The highest BCUT2D eigenvalue weighted by atomic mass is 16.7. The molecular weight excluding hydrogens is 416 g/mol. The van der Waals surface area contributed by atoms with Crippen molar-refractivity contribution >= 4 is 12.0 Å². The number of carbonyl (C=O) groups excluding carboxylic acids is 1. The van der Waals surface area contributed by atoms with Gasteiger partial charge in [0.15, 0.2) is 20.1 Å². The molecule has 0 aliphatic carbocycles. The zero-order valence-electron chi connectivity index (χ0n) is 13.7. The normalized spacial score (nSPS) is 16.3. The van der Waals surface area contributed by atoms with Crippen LogP contribution in [0.2, 0.25) is 0 Å². The molecule has 2 rings (SSSR count). The molecule has 0 unspecified atom stereocenters. The van der Waals surface area contributed by atoms with E-state index in [-0.39, 0.29) is 20.0 Å². The van der Waals surface area contributed by atoms with Crippen LogP contribution in [0.1, 0.15) is 0 Å². The highest BCUT2D eigenvalue weighted by Crippen LogP contribution is 2.07. The van der Waals surface area contributed by atoms with Crippen molar-refractivity contribution in [2.75, 3.05) is 26.7 Å². The molecule has 0 N–H and O–H groups in total. The molecule has 0 aromatic carbocycles. The first-order valence-corrected chi connectivity index (χ1v) is 6.68. The van der Waals surface area contributed by atoms with Crippen LogP contribution in [-0.4, -0.2) is 83.8 Å². The first-order chi connectivity index (χ1) is 13.4. The van der Waals surface area contributed by atoms with Gasteiger partial charge in [0.2, 0.25) is 26.7 Å². The molecule has 0 radical (unpaired) electrons. The molecule has 23 heteroatoms. The van der Waals surface area contributed by atoms with Crippen LogP contribution in [0.5, 0.6) is 0 Å². The van der Waals surface area contributed by atoms with Gasteiger partial charge in [0, 0.05) is 10.1 Å².